The number of nitrogens with zero attached hydrogens (tertiary/aromatic N) is 3. The summed E-state index contributed by atoms with van der Waals surface area (Å²) in [7, 11) is 0. The zero-order valence-electron chi connectivity index (χ0n) is 10.2. The Kier molecular flexibility index (Phi) is 2.98. The fourth-order valence-electron chi connectivity index (χ4n) is 2.34. The van der Waals surface area contributed by atoms with E-state index in [4.69, 9.17) is 10.3 Å². The quantitative estimate of drug-likeness (QED) is 0.891. The van der Waals surface area contributed by atoms with Crippen molar-refractivity contribution in [2.24, 2.45) is 5.73 Å². The normalized spacial score (nSPS) is 15.3. The molecule has 1 fully saturated rings. The largest absolute Gasteiger partial charge is 0.371 e. The second kappa shape index (κ2) is 4.78. The molecule has 0 amide bonds. The van der Waals surface area contributed by atoms with E-state index < -0.39 is 0 Å². The zero-order valence-corrected chi connectivity index (χ0v) is 10.2. The summed E-state index contributed by atoms with van der Waals surface area (Å²) in [6.45, 7) is 2.47. The van der Waals surface area contributed by atoms with Gasteiger partial charge in [-0.25, -0.2) is 0 Å². The smallest absolute Gasteiger partial charge is 0.240 e. The van der Waals surface area contributed by atoms with Gasteiger partial charge >= 0.3 is 0 Å². The molecule has 5 heteroatoms. The van der Waals surface area contributed by atoms with E-state index in [0.29, 0.717) is 11.7 Å². The molecule has 0 atom stereocenters. The van der Waals surface area contributed by atoms with Gasteiger partial charge in [-0.2, -0.15) is 4.98 Å². The van der Waals surface area contributed by atoms with E-state index in [1.165, 1.54) is 18.5 Å². The average molecular weight is 244 g/mol. The number of para-hydroxylation sites is 1. The van der Waals surface area contributed by atoms with Crippen molar-refractivity contribution in [2.75, 3.05) is 18.0 Å². The Bertz CT molecular complexity index is 531. The van der Waals surface area contributed by atoms with Crippen molar-refractivity contribution >= 4 is 5.69 Å². The van der Waals surface area contributed by atoms with Gasteiger partial charge in [-0.15, -0.1) is 0 Å². The summed E-state index contributed by atoms with van der Waals surface area (Å²) in [6, 6.07) is 8.17. The Labute approximate surface area is 106 Å². The van der Waals surface area contributed by atoms with Crippen LogP contribution >= 0.6 is 0 Å². The molecule has 2 N–H and O–H groups in total. The molecule has 18 heavy (non-hydrogen) atoms. The first kappa shape index (κ1) is 11.2. The summed E-state index contributed by atoms with van der Waals surface area (Å²) in [5, 5.41) is 4.00. The van der Waals surface area contributed by atoms with Crippen molar-refractivity contribution in [3.63, 3.8) is 0 Å². The highest BCUT2D eigenvalue weighted by Gasteiger charge is 2.18. The van der Waals surface area contributed by atoms with Gasteiger partial charge in [-0.1, -0.05) is 17.3 Å². The first-order valence-corrected chi connectivity index (χ1v) is 6.25. The Hall–Kier alpha value is -1.88. The lowest BCUT2D eigenvalue weighted by atomic mass is 10.1. The fraction of sp³-hybridized carbons (Fsp3) is 0.385. The number of anilines is 1. The van der Waals surface area contributed by atoms with Crippen LogP contribution in [0.15, 0.2) is 28.8 Å². The standard InChI is InChI=1S/C13H16N4O/c14-9-12-15-13(16-18-12)10-5-1-2-6-11(10)17-7-3-4-8-17/h1-2,5-6H,3-4,7-9,14H2. The lowest BCUT2D eigenvalue weighted by Gasteiger charge is -2.19. The van der Waals surface area contributed by atoms with E-state index in [9.17, 15) is 0 Å². The van der Waals surface area contributed by atoms with Crippen LogP contribution in [-0.4, -0.2) is 23.2 Å². The first-order valence-electron chi connectivity index (χ1n) is 6.25. The van der Waals surface area contributed by atoms with Crippen LogP contribution in [0.25, 0.3) is 11.4 Å². The molecule has 3 rings (SSSR count). The number of nitrogens with two attached hydrogens (primary N) is 1. The molecule has 1 aromatic carbocycles. The minimum absolute atomic E-state index is 0.277. The van der Waals surface area contributed by atoms with Gasteiger partial charge in [0.15, 0.2) is 0 Å². The predicted octanol–water partition coefficient (Wildman–Crippen LogP) is 1.80. The molecule has 0 aliphatic carbocycles. The van der Waals surface area contributed by atoms with Gasteiger partial charge in [0, 0.05) is 24.3 Å². The second-order valence-corrected chi connectivity index (χ2v) is 4.43. The maximum atomic E-state index is 5.49. The van der Waals surface area contributed by atoms with Crippen molar-refractivity contribution in [3.8, 4) is 11.4 Å². The Morgan fingerprint density at radius 1 is 1.22 bits per heavy atom. The van der Waals surface area contributed by atoms with Crippen molar-refractivity contribution in [2.45, 2.75) is 19.4 Å². The van der Waals surface area contributed by atoms with Gasteiger partial charge in [-0.3, -0.25) is 0 Å². The minimum atomic E-state index is 0.277. The molecule has 2 heterocycles. The Morgan fingerprint density at radius 3 is 2.72 bits per heavy atom. The van der Waals surface area contributed by atoms with Gasteiger partial charge in [0.1, 0.15) is 0 Å². The van der Waals surface area contributed by atoms with Crippen LogP contribution < -0.4 is 10.6 Å². The summed E-state index contributed by atoms with van der Waals surface area (Å²) in [5.74, 6) is 1.10. The third-order valence-corrected chi connectivity index (χ3v) is 3.23. The summed E-state index contributed by atoms with van der Waals surface area (Å²) in [6.07, 6.45) is 2.49. The third-order valence-electron chi connectivity index (χ3n) is 3.23. The molecule has 0 radical (unpaired) electrons. The molecule has 0 unspecified atom stereocenters. The van der Waals surface area contributed by atoms with Gasteiger partial charge < -0.3 is 15.2 Å². The number of aromatic nitrogens is 2. The average Bonchev–Trinajstić information content (AvgIpc) is 3.10. The summed E-state index contributed by atoms with van der Waals surface area (Å²) < 4.78 is 5.08. The van der Waals surface area contributed by atoms with Crippen molar-refractivity contribution in [1.82, 2.24) is 10.1 Å². The first-order chi connectivity index (χ1) is 8.88. The van der Waals surface area contributed by atoms with Crippen molar-refractivity contribution in [3.05, 3.63) is 30.2 Å². The molecule has 1 saturated heterocycles. The molecule has 1 aromatic heterocycles. The van der Waals surface area contributed by atoms with E-state index in [0.717, 1.165) is 18.7 Å². The van der Waals surface area contributed by atoms with E-state index in [1.807, 2.05) is 18.2 Å². The predicted molar refractivity (Wildman–Crippen MR) is 69.1 cm³/mol. The second-order valence-electron chi connectivity index (χ2n) is 4.43. The number of benzene rings is 1. The molecular weight excluding hydrogens is 228 g/mol. The SMILES string of the molecule is NCc1nc(-c2ccccc2N2CCCC2)no1. The highest BCUT2D eigenvalue weighted by Crippen LogP contribution is 2.30. The van der Waals surface area contributed by atoms with E-state index in [-0.39, 0.29) is 6.54 Å². The summed E-state index contributed by atoms with van der Waals surface area (Å²) >= 11 is 0. The maximum Gasteiger partial charge on any atom is 0.240 e. The van der Waals surface area contributed by atoms with Crippen LogP contribution in [0.5, 0.6) is 0 Å². The van der Waals surface area contributed by atoms with Crippen LogP contribution in [0.1, 0.15) is 18.7 Å². The Balaban J connectivity index is 2.00. The highest BCUT2D eigenvalue weighted by atomic mass is 16.5. The molecule has 1 aliphatic rings. The number of hydrogen-bond donors (Lipinski definition) is 1. The van der Waals surface area contributed by atoms with Gasteiger partial charge in [-0.05, 0) is 25.0 Å². The van der Waals surface area contributed by atoms with Crippen LogP contribution in [0.3, 0.4) is 0 Å². The Morgan fingerprint density at radius 2 is 2.00 bits per heavy atom. The number of hydrogen-bond acceptors (Lipinski definition) is 5. The fourth-order valence-corrected chi connectivity index (χ4v) is 2.34. The minimum Gasteiger partial charge on any atom is -0.371 e. The molecule has 2 aromatic rings. The highest BCUT2D eigenvalue weighted by molar-refractivity contribution is 5.74. The van der Waals surface area contributed by atoms with Gasteiger partial charge in [0.2, 0.25) is 11.7 Å². The monoisotopic (exact) mass is 244 g/mol. The lowest BCUT2D eigenvalue weighted by molar-refractivity contribution is 0.380. The third kappa shape index (κ3) is 1.97. The zero-order chi connectivity index (χ0) is 12.4. The lowest BCUT2D eigenvalue weighted by Crippen LogP contribution is -2.18. The van der Waals surface area contributed by atoms with E-state index in [2.05, 4.69) is 21.1 Å². The number of rotatable bonds is 3. The summed E-state index contributed by atoms with van der Waals surface area (Å²) in [4.78, 5) is 6.67. The van der Waals surface area contributed by atoms with Crippen molar-refractivity contribution < 1.29 is 4.52 Å². The van der Waals surface area contributed by atoms with Gasteiger partial charge in [0.25, 0.3) is 0 Å². The molecule has 0 bridgehead atoms. The van der Waals surface area contributed by atoms with Crippen LogP contribution in [0.2, 0.25) is 0 Å². The molecule has 5 nitrogen and oxygen atoms in total. The molecule has 0 spiro atoms. The van der Waals surface area contributed by atoms with Crippen LogP contribution in [0, 0.1) is 0 Å². The van der Waals surface area contributed by atoms with Crippen LogP contribution in [0.4, 0.5) is 5.69 Å². The molecule has 94 valence electrons. The molecule has 0 saturated carbocycles. The topological polar surface area (TPSA) is 68.2 Å². The van der Waals surface area contributed by atoms with E-state index >= 15 is 0 Å². The van der Waals surface area contributed by atoms with E-state index in [1.54, 1.807) is 0 Å². The summed E-state index contributed by atoms with van der Waals surface area (Å²) in [5.41, 5.74) is 7.69. The van der Waals surface area contributed by atoms with Gasteiger partial charge in [0.05, 0.1) is 6.54 Å². The van der Waals surface area contributed by atoms with Crippen molar-refractivity contribution in [1.29, 1.82) is 0 Å². The molecule has 1 aliphatic heterocycles. The molecular formula is C13H16N4O. The maximum absolute atomic E-state index is 5.49. The van der Waals surface area contributed by atoms with Crippen LogP contribution in [-0.2, 0) is 6.54 Å².